The summed E-state index contributed by atoms with van der Waals surface area (Å²) >= 11 is 10.8. The summed E-state index contributed by atoms with van der Waals surface area (Å²) in [5.74, 6) is -1.07. The zero-order valence-corrected chi connectivity index (χ0v) is 15.1. The molecule has 1 atom stereocenters. The highest BCUT2D eigenvalue weighted by Gasteiger charge is 2.49. The molecule has 2 aromatic rings. The topological polar surface area (TPSA) is 73.5 Å². The Balaban J connectivity index is 1.73. The van der Waals surface area contributed by atoms with Crippen molar-refractivity contribution in [3.8, 4) is 0 Å². The third kappa shape index (κ3) is 3.33. The van der Waals surface area contributed by atoms with E-state index in [9.17, 15) is 14.0 Å². The van der Waals surface area contributed by atoms with Crippen LogP contribution in [-0.4, -0.2) is 22.1 Å². The molecule has 0 saturated carbocycles. The van der Waals surface area contributed by atoms with Crippen LogP contribution in [0.5, 0.6) is 0 Å². The number of urea groups is 1. The molecule has 26 heavy (non-hydrogen) atoms. The van der Waals surface area contributed by atoms with Crippen LogP contribution in [-0.2, 0) is 10.3 Å². The van der Waals surface area contributed by atoms with E-state index in [2.05, 4.69) is 16.1 Å². The van der Waals surface area contributed by atoms with Gasteiger partial charge >= 0.3 is 6.03 Å². The van der Waals surface area contributed by atoms with E-state index >= 15 is 0 Å². The fraction of sp³-hybridized carbons (Fsp3) is 0.118. The van der Waals surface area contributed by atoms with Gasteiger partial charge in [0.2, 0.25) is 0 Å². The molecule has 9 heteroatoms. The molecule has 3 rings (SSSR count). The first-order valence-electron chi connectivity index (χ1n) is 7.56. The number of hydrazine groups is 1. The maximum absolute atomic E-state index is 13.2. The Morgan fingerprint density at radius 2 is 1.92 bits per heavy atom. The molecule has 134 valence electrons. The molecule has 0 bridgehead atoms. The Bertz CT molecular complexity index is 896. The minimum absolute atomic E-state index is 0.0199. The first-order valence-corrected chi connectivity index (χ1v) is 8.35. The molecule has 3 amide bonds. The summed E-state index contributed by atoms with van der Waals surface area (Å²) in [6.07, 6.45) is 0. The fourth-order valence-corrected chi connectivity index (χ4v) is 2.93. The Labute approximate surface area is 159 Å². The van der Waals surface area contributed by atoms with Crippen molar-refractivity contribution in [3.63, 3.8) is 0 Å². The van der Waals surface area contributed by atoms with Gasteiger partial charge in [0.25, 0.3) is 5.91 Å². The van der Waals surface area contributed by atoms with E-state index < -0.39 is 23.3 Å². The minimum Gasteiger partial charge on any atom is -0.331 e. The van der Waals surface area contributed by atoms with E-state index in [0.717, 1.165) is 5.01 Å². The summed E-state index contributed by atoms with van der Waals surface area (Å²) in [6, 6.07) is 12.2. The molecule has 1 fully saturated rings. The van der Waals surface area contributed by atoms with Gasteiger partial charge in [0.15, 0.2) is 5.11 Å². The maximum atomic E-state index is 13.2. The smallest absolute Gasteiger partial charge is 0.331 e. The third-order valence-electron chi connectivity index (χ3n) is 3.93. The Kier molecular flexibility index (Phi) is 4.80. The highest BCUT2D eigenvalue weighted by Crippen LogP contribution is 2.27. The zero-order chi connectivity index (χ0) is 18.9. The van der Waals surface area contributed by atoms with Gasteiger partial charge in [0.1, 0.15) is 11.4 Å². The van der Waals surface area contributed by atoms with Gasteiger partial charge in [-0.3, -0.25) is 10.2 Å². The van der Waals surface area contributed by atoms with Gasteiger partial charge in [0.05, 0.1) is 5.02 Å². The largest absolute Gasteiger partial charge is 0.344 e. The number of benzene rings is 2. The lowest BCUT2D eigenvalue weighted by Gasteiger charge is -2.22. The number of nitrogens with zero attached hydrogens (tertiary/aromatic N) is 1. The van der Waals surface area contributed by atoms with Gasteiger partial charge in [-0.2, -0.15) is 5.01 Å². The maximum Gasteiger partial charge on any atom is 0.344 e. The van der Waals surface area contributed by atoms with Gasteiger partial charge in [-0.1, -0.05) is 41.9 Å². The Morgan fingerprint density at radius 3 is 2.58 bits per heavy atom. The number of rotatable bonds is 3. The molecule has 1 aliphatic rings. The van der Waals surface area contributed by atoms with E-state index in [1.165, 1.54) is 18.2 Å². The summed E-state index contributed by atoms with van der Waals surface area (Å²) < 4.78 is 13.2. The first kappa shape index (κ1) is 18.1. The van der Waals surface area contributed by atoms with Gasteiger partial charge in [-0.25, -0.2) is 9.18 Å². The van der Waals surface area contributed by atoms with Crippen LogP contribution in [0, 0.1) is 5.82 Å². The van der Waals surface area contributed by atoms with Crippen molar-refractivity contribution in [2.45, 2.75) is 12.5 Å². The van der Waals surface area contributed by atoms with E-state index in [0.29, 0.717) is 11.3 Å². The molecule has 0 spiro atoms. The average Bonchev–Trinajstić information content (AvgIpc) is 2.83. The summed E-state index contributed by atoms with van der Waals surface area (Å²) in [6.45, 7) is 1.61. The van der Waals surface area contributed by atoms with Crippen molar-refractivity contribution in [3.05, 3.63) is 64.9 Å². The van der Waals surface area contributed by atoms with Crippen LogP contribution in [0.15, 0.2) is 48.5 Å². The number of imide groups is 1. The Hall–Kier alpha value is -2.71. The molecule has 6 nitrogen and oxygen atoms in total. The number of carbonyl (C=O) groups is 2. The lowest BCUT2D eigenvalue weighted by molar-refractivity contribution is -0.132. The fourth-order valence-electron chi connectivity index (χ4n) is 2.54. The molecule has 1 heterocycles. The lowest BCUT2D eigenvalue weighted by atomic mass is 9.92. The van der Waals surface area contributed by atoms with E-state index in [-0.39, 0.29) is 10.1 Å². The van der Waals surface area contributed by atoms with Crippen LogP contribution < -0.4 is 16.1 Å². The monoisotopic (exact) mass is 392 g/mol. The van der Waals surface area contributed by atoms with Crippen LogP contribution in [0.2, 0.25) is 5.02 Å². The first-order chi connectivity index (χ1) is 12.3. The van der Waals surface area contributed by atoms with Gasteiger partial charge < -0.3 is 10.6 Å². The van der Waals surface area contributed by atoms with Gasteiger partial charge in [0, 0.05) is 5.69 Å². The molecule has 0 radical (unpaired) electrons. The molecule has 2 aromatic carbocycles. The molecule has 0 aliphatic carbocycles. The number of halogens is 2. The molecule has 1 aliphatic heterocycles. The van der Waals surface area contributed by atoms with Crippen molar-refractivity contribution in [2.24, 2.45) is 0 Å². The lowest BCUT2D eigenvalue weighted by Crippen LogP contribution is -2.49. The number of anilines is 1. The van der Waals surface area contributed by atoms with Crippen molar-refractivity contribution >= 4 is 46.6 Å². The zero-order valence-electron chi connectivity index (χ0n) is 13.5. The summed E-state index contributed by atoms with van der Waals surface area (Å²) in [4.78, 5) is 25.0. The SMILES string of the molecule is C[C@@]1(c2ccccc2)NC(=O)N(NC(=S)Nc2ccc(F)c(Cl)c2)C1=O. The number of hydrogen-bond acceptors (Lipinski definition) is 3. The molecular weight excluding hydrogens is 379 g/mol. The highest BCUT2D eigenvalue weighted by atomic mass is 35.5. The predicted octanol–water partition coefficient (Wildman–Crippen LogP) is 3.15. The minimum atomic E-state index is -1.21. The Morgan fingerprint density at radius 1 is 1.23 bits per heavy atom. The van der Waals surface area contributed by atoms with Gasteiger partial charge in [-0.15, -0.1) is 0 Å². The van der Waals surface area contributed by atoms with Gasteiger partial charge in [-0.05, 0) is 42.9 Å². The quantitative estimate of drug-likeness (QED) is 0.553. The highest BCUT2D eigenvalue weighted by molar-refractivity contribution is 7.80. The second kappa shape index (κ2) is 6.89. The van der Waals surface area contributed by atoms with E-state index in [1.54, 1.807) is 31.2 Å². The van der Waals surface area contributed by atoms with Crippen molar-refractivity contribution < 1.29 is 14.0 Å². The molecule has 3 N–H and O–H groups in total. The van der Waals surface area contributed by atoms with Crippen LogP contribution in [0.4, 0.5) is 14.9 Å². The average molecular weight is 393 g/mol. The molecule has 0 unspecified atom stereocenters. The van der Waals surface area contributed by atoms with Crippen molar-refractivity contribution in [1.82, 2.24) is 15.8 Å². The summed E-state index contributed by atoms with van der Waals surface area (Å²) in [7, 11) is 0. The number of thiocarbonyl (C=S) groups is 1. The summed E-state index contributed by atoms with van der Waals surface area (Å²) in [5, 5.41) is 6.09. The van der Waals surface area contributed by atoms with E-state index in [4.69, 9.17) is 23.8 Å². The summed E-state index contributed by atoms with van der Waals surface area (Å²) in [5.41, 5.74) is 2.39. The standard InChI is InChI=1S/C17H14ClFN4O2S/c1-17(10-5-3-2-4-6-10)14(24)23(16(25)21-17)22-15(26)20-11-7-8-13(19)12(18)9-11/h2-9H,1H3,(H,21,25)(H2,20,22,26)/t17-/m0/s1. The van der Waals surface area contributed by atoms with Crippen LogP contribution in [0.1, 0.15) is 12.5 Å². The van der Waals surface area contributed by atoms with Crippen molar-refractivity contribution in [1.29, 1.82) is 0 Å². The molecule has 1 saturated heterocycles. The second-order valence-electron chi connectivity index (χ2n) is 5.76. The third-order valence-corrected chi connectivity index (χ3v) is 4.42. The van der Waals surface area contributed by atoms with E-state index in [1.807, 2.05) is 6.07 Å². The van der Waals surface area contributed by atoms with Crippen LogP contribution in [0.25, 0.3) is 0 Å². The van der Waals surface area contributed by atoms with Crippen LogP contribution >= 0.6 is 23.8 Å². The normalized spacial score (nSPS) is 19.3. The number of nitrogens with one attached hydrogen (secondary N) is 3. The number of hydrogen-bond donors (Lipinski definition) is 3. The number of amides is 3. The predicted molar refractivity (Wildman–Crippen MR) is 99.9 cm³/mol. The second-order valence-corrected chi connectivity index (χ2v) is 6.57. The van der Waals surface area contributed by atoms with Crippen molar-refractivity contribution in [2.75, 3.05) is 5.32 Å². The number of carbonyl (C=O) groups excluding carboxylic acids is 2. The molecule has 0 aromatic heterocycles. The van der Waals surface area contributed by atoms with Crippen LogP contribution in [0.3, 0.4) is 0 Å². The molecular formula is C17H14ClFN4O2S.